The van der Waals surface area contributed by atoms with Crippen LogP contribution in [0.15, 0.2) is 285 Å². The zero-order chi connectivity index (χ0) is 50.7. The Morgan fingerprint density at radius 2 is 0.597 bits per heavy atom. The lowest BCUT2D eigenvalue weighted by molar-refractivity contribution is 0.436. The van der Waals surface area contributed by atoms with Crippen molar-refractivity contribution >= 4 is 17.1 Å². The van der Waals surface area contributed by atoms with E-state index in [1.54, 1.807) is 0 Å². The number of hydrogen-bond donors (Lipinski definition) is 0. The molecule has 0 radical (unpaired) electrons. The molecule has 0 atom stereocenters. The van der Waals surface area contributed by atoms with Crippen LogP contribution in [-0.4, -0.2) is 0 Å². The molecule has 4 aliphatic rings. The minimum atomic E-state index is -0.619. The first-order valence-electron chi connectivity index (χ1n) is 26.6. The highest BCUT2D eigenvalue weighted by Gasteiger charge is 2.53. The average molecular weight is 982 g/mol. The largest absolute Gasteiger partial charge is 0.457 e. The van der Waals surface area contributed by atoms with E-state index >= 15 is 0 Å². The number of ether oxygens (including phenoxy) is 2. The van der Waals surface area contributed by atoms with Gasteiger partial charge in [0.25, 0.3) is 0 Å². The minimum absolute atomic E-state index is 0.569. The lowest BCUT2D eigenvalue weighted by Gasteiger charge is -2.39. The van der Waals surface area contributed by atoms with Gasteiger partial charge in [-0.15, -0.1) is 0 Å². The maximum atomic E-state index is 6.75. The highest BCUT2D eigenvalue weighted by Crippen LogP contribution is 2.65. The predicted octanol–water partition coefficient (Wildman–Crippen LogP) is 19.1. The molecule has 360 valence electrons. The van der Waals surface area contributed by atoms with Crippen molar-refractivity contribution in [2.45, 2.75) is 10.8 Å². The van der Waals surface area contributed by atoms with Crippen molar-refractivity contribution in [1.82, 2.24) is 0 Å². The topological polar surface area (TPSA) is 21.7 Å². The summed E-state index contributed by atoms with van der Waals surface area (Å²) in [6, 6.07) is 104. The highest BCUT2D eigenvalue weighted by atomic mass is 16.5. The molecule has 12 aromatic rings. The molecule has 77 heavy (non-hydrogen) atoms. The molecule has 2 aliphatic carbocycles. The number of hydrogen-bond acceptors (Lipinski definition) is 3. The quantitative estimate of drug-likeness (QED) is 0.166. The molecule has 0 N–H and O–H groups in total. The van der Waals surface area contributed by atoms with E-state index < -0.39 is 10.8 Å². The summed E-state index contributed by atoms with van der Waals surface area (Å²) in [7, 11) is 0. The second kappa shape index (κ2) is 16.8. The lowest BCUT2D eigenvalue weighted by Crippen LogP contribution is -2.32. The van der Waals surface area contributed by atoms with E-state index in [1.165, 1.54) is 66.8 Å². The Hall–Kier alpha value is -9.96. The van der Waals surface area contributed by atoms with Crippen LogP contribution in [0, 0.1) is 0 Å². The summed E-state index contributed by atoms with van der Waals surface area (Å²) in [4.78, 5) is 2.45. The fourth-order valence-electron chi connectivity index (χ4n) is 13.7. The van der Waals surface area contributed by atoms with E-state index in [4.69, 9.17) is 9.47 Å². The van der Waals surface area contributed by atoms with E-state index in [0.29, 0.717) is 0 Å². The number of nitrogens with zero attached hydrogens (tertiary/aromatic N) is 1. The molecular formula is C74H47NO2. The van der Waals surface area contributed by atoms with Crippen molar-refractivity contribution in [3.63, 3.8) is 0 Å². The number of fused-ring (bicyclic) bond motifs is 18. The standard InChI is InChI=1S/C74H47NO2/c1-2-18-48(19-3-1)49-36-38-50(39-37-49)51-40-42-53(43-41-51)75(55-44-45-58-57-22-4-6-25-60(57)74(67(58)47-55)64-29-10-14-34-70(64)77-71-35-15-11-30-65(71)74)54-21-16-20-52(46-54)56-24-17-31-66-72(56)59-23-5-7-26-61(59)73(66)62-27-8-12-32-68(62)76-69-33-13-9-28-63(69)73/h1-47H. The van der Waals surface area contributed by atoms with Gasteiger partial charge in [0.1, 0.15) is 23.0 Å². The van der Waals surface area contributed by atoms with Gasteiger partial charge in [0, 0.05) is 39.3 Å². The number of rotatable bonds is 6. The van der Waals surface area contributed by atoms with Gasteiger partial charge in [-0.25, -0.2) is 0 Å². The summed E-state index contributed by atoms with van der Waals surface area (Å²) in [6.45, 7) is 0. The van der Waals surface area contributed by atoms with Gasteiger partial charge in [-0.1, -0.05) is 224 Å². The van der Waals surface area contributed by atoms with Crippen molar-refractivity contribution in [3.05, 3.63) is 330 Å². The zero-order valence-electron chi connectivity index (χ0n) is 41.9. The van der Waals surface area contributed by atoms with Crippen LogP contribution in [0.25, 0.3) is 55.6 Å². The molecule has 0 saturated carbocycles. The van der Waals surface area contributed by atoms with Crippen LogP contribution in [0.4, 0.5) is 17.1 Å². The van der Waals surface area contributed by atoms with Gasteiger partial charge < -0.3 is 14.4 Å². The molecule has 0 aromatic heterocycles. The third-order valence-electron chi connectivity index (χ3n) is 16.8. The summed E-state index contributed by atoms with van der Waals surface area (Å²) in [5, 5.41) is 0. The smallest absolute Gasteiger partial charge is 0.132 e. The second-order valence-corrected chi connectivity index (χ2v) is 20.6. The van der Waals surface area contributed by atoms with E-state index in [9.17, 15) is 0 Å². The maximum absolute atomic E-state index is 6.75. The molecule has 2 spiro atoms. The van der Waals surface area contributed by atoms with Gasteiger partial charge in [-0.3, -0.25) is 0 Å². The zero-order valence-corrected chi connectivity index (χ0v) is 41.9. The van der Waals surface area contributed by atoms with Crippen LogP contribution in [0.1, 0.15) is 44.5 Å². The summed E-state index contributed by atoms with van der Waals surface area (Å²) in [6.07, 6.45) is 0. The predicted molar refractivity (Wildman–Crippen MR) is 312 cm³/mol. The molecule has 0 fully saturated rings. The second-order valence-electron chi connectivity index (χ2n) is 20.6. The first kappa shape index (κ1) is 43.4. The van der Waals surface area contributed by atoms with Crippen LogP contribution in [-0.2, 0) is 10.8 Å². The maximum Gasteiger partial charge on any atom is 0.132 e. The van der Waals surface area contributed by atoms with Gasteiger partial charge in [0.15, 0.2) is 0 Å². The van der Waals surface area contributed by atoms with E-state index in [-0.39, 0.29) is 0 Å². The third kappa shape index (κ3) is 6.20. The van der Waals surface area contributed by atoms with Crippen molar-refractivity contribution in [2.75, 3.05) is 4.90 Å². The summed E-state index contributed by atoms with van der Waals surface area (Å²) in [5.74, 6) is 3.53. The van der Waals surface area contributed by atoms with Crippen molar-refractivity contribution in [2.24, 2.45) is 0 Å². The van der Waals surface area contributed by atoms with Crippen LogP contribution in [0.3, 0.4) is 0 Å². The first-order chi connectivity index (χ1) is 38.2. The Balaban J connectivity index is 0.895. The van der Waals surface area contributed by atoms with Crippen molar-refractivity contribution in [3.8, 4) is 78.6 Å². The van der Waals surface area contributed by atoms with Gasteiger partial charge in [-0.2, -0.15) is 0 Å². The van der Waals surface area contributed by atoms with Crippen LogP contribution < -0.4 is 14.4 Å². The van der Waals surface area contributed by atoms with Crippen LogP contribution >= 0.6 is 0 Å². The Kier molecular flexibility index (Phi) is 9.47. The molecule has 3 nitrogen and oxygen atoms in total. The lowest BCUT2D eigenvalue weighted by atomic mass is 9.66. The SMILES string of the molecule is c1ccc(-c2ccc(-c3ccc(N(c4cccc(-c5cccc6c5-c5ccccc5C65c6ccccc6Oc6ccccc65)c4)c4ccc5c(c4)C4(c6ccccc6Oc6ccccc64)c4ccccc4-5)cc3)cc2)cc1. The van der Waals surface area contributed by atoms with Gasteiger partial charge >= 0.3 is 0 Å². The summed E-state index contributed by atoms with van der Waals surface area (Å²) < 4.78 is 13.4. The van der Waals surface area contributed by atoms with E-state index in [0.717, 1.165) is 73.4 Å². The number of benzene rings is 12. The van der Waals surface area contributed by atoms with E-state index in [2.05, 4.69) is 290 Å². The van der Waals surface area contributed by atoms with E-state index in [1.807, 2.05) is 0 Å². The average Bonchev–Trinajstić information content (AvgIpc) is 3.75. The van der Waals surface area contributed by atoms with Crippen molar-refractivity contribution in [1.29, 1.82) is 0 Å². The third-order valence-corrected chi connectivity index (χ3v) is 16.8. The molecule has 2 aliphatic heterocycles. The van der Waals surface area contributed by atoms with Crippen LogP contribution in [0.5, 0.6) is 23.0 Å². The number of para-hydroxylation sites is 4. The van der Waals surface area contributed by atoms with Crippen molar-refractivity contribution < 1.29 is 9.47 Å². The molecule has 0 saturated heterocycles. The molecular weight excluding hydrogens is 935 g/mol. The Labute approximate surface area is 448 Å². The fraction of sp³-hybridized carbons (Fsp3) is 0.0270. The Bertz CT molecular complexity index is 4250. The number of anilines is 3. The summed E-state index contributed by atoms with van der Waals surface area (Å²) >= 11 is 0. The van der Waals surface area contributed by atoms with Gasteiger partial charge in [-0.05, 0) is 139 Å². The van der Waals surface area contributed by atoms with Gasteiger partial charge in [0.05, 0.1) is 10.8 Å². The molecule has 0 amide bonds. The molecule has 0 bridgehead atoms. The Morgan fingerprint density at radius 3 is 1.18 bits per heavy atom. The minimum Gasteiger partial charge on any atom is -0.457 e. The van der Waals surface area contributed by atoms with Crippen LogP contribution in [0.2, 0.25) is 0 Å². The fourth-order valence-corrected chi connectivity index (χ4v) is 13.7. The highest BCUT2D eigenvalue weighted by molar-refractivity contribution is 5.98. The monoisotopic (exact) mass is 981 g/mol. The first-order valence-corrected chi connectivity index (χ1v) is 26.6. The van der Waals surface area contributed by atoms with Gasteiger partial charge in [0.2, 0.25) is 0 Å². The molecule has 0 unspecified atom stereocenters. The normalized spacial score (nSPS) is 13.9. The summed E-state index contributed by atoms with van der Waals surface area (Å²) in [5.41, 5.74) is 23.6. The molecule has 3 heteroatoms. The molecule has 16 rings (SSSR count). The Morgan fingerprint density at radius 1 is 0.221 bits per heavy atom. The molecule has 12 aromatic carbocycles. The molecule has 2 heterocycles.